The van der Waals surface area contributed by atoms with Crippen LogP contribution in [0.25, 0.3) is 0 Å². The third-order valence-corrected chi connectivity index (χ3v) is 2.19. The first-order chi connectivity index (χ1) is 7.49. The van der Waals surface area contributed by atoms with Crippen LogP contribution < -0.4 is 5.73 Å². The first-order valence-electron chi connectivity index (χ1n) is 4.90. The van der Waals surface area contributed by atoms with E-state index >= 15 is 0 Å². The van der Waals surface area contributed by atoms with Gasteiger partial charge in [-0.2, -0.15) is 0 Å². The molecule has 0 aliphatic rings. The molecule has 16 heavy (non-hydrogen) atoms. The molecule has 88 valence electrons. The van der Waals surface area contributed by atoms with Gasteiger partial charge in [-0.05, 0) is 31.2 Å². The van der Waals surface area contributed by atoms with Gasteiger partial charge in [-0.1, -0.05) is 6.07 Å². The van der Waals surface area contributed by atoms with Crippen LogP contribution in [-0.2, 0) is 11.2 Å². The van der Waals surface area contributed by atoms with Crippen molar-refractivity contribution >= 4 is 5.91 Å². The highest BCUT2D eigenvalue weighted by Crippen LogP contribution is 2.09. The van der Waals surface area contributed by atoms with Crippen LogP contribution in [0.15, 0.2) is 18.2 Å². The third-order valence-electron chi connectivity index (χ3n) is 2.19. The summed E-state index contributed by atoms with van der Waals surface area (Å²) < 4.78 is 25.5. The predicted octanol–water partition coefficient (Wildman–Crippen LogP) is 0.924. The molecule has 3 nitrogen and oxygen atoms in total. The number of hydrogen-bond acceptors (Lipinski definition) is 2. The number of nitrogens with zero attached hydrogens (tertiary/aromatic N) is 1. The summed E-state index contributed by atoms with van der Waals surface area (Å²) in [5.41, 5.74) is 5.71. The van der Waals surface area contributed by atoms with Gasteiger partial charge in [0.25, 0.3) is 0 Å². The van der Waals surface area contributed by atoms with Crippen LogP contribution in [0.3, 0.4) is 0 Å². The molecule has 2 N–H and O–H groups in total. The maximum absolute atomic E-state index is 12.9. The number of amides is 1. The van der Waals surface area contributed by atoms with Gasteiger partial charge in [0, 0.05) is 6.54 Å². The number of likely N-dealkylation sites (N-methyl/N-ethyl adjacent to an activating group) is 1. The second kappa shape index (κ2) is 5.55. The molecule has 1 aromatic rings. The average molecular weight is 228 g/mol. The molecule has 0 saturated carbocycles. The molecule has 1 aromatic carbocycles. The van der Waals surface area contributed by atoms with Crippen molar-refractivity contribution in [1.29, 1.82) is 0 Å². The van der Waals surface area contributed by atoms with Gasteiger partial charge in [-0.3, -0.25) is 9.69 Å². The third kappa shape index (κ3) is 3.94. The van der Waals surface area contributed by atoms with Crippen LogP contribution in [0.4, 0.5) is 8.78 Å². The second-order valence-electron chi connectivity index (χ2n) is 3.70. The normalized spacial score (nSPS) is 10.8. The fourth-order valence-electron chi connectivity index (χ4n) is 1.36. The lowest BCUT2D eigenvalue weighted by molar-refractivity contribution is -0.118. The second-order valence-corrected chi connectivity index (χ2v) is 3.70. The Morgan fingerprint density at radius 2 is 2.06 bits per heavy atom. The standard InChI is InChI=1S/C11H14F2N2O/c1-15(7-11(14)16)5-4-8-2-3-9(12)10(13)6-8/h2-3,6H,4-5,7H2,1H3,(H2,14,16). The molecule has 0 aromatic heterocycles. The Morgan fingerprint density at radius 3 is 2.62 bits per heavy atom. The molecule has 0 radical (unpaired) electrons. The van der Waals surface area contributed by atoms with Gasteiger partial charge in [0.15, 0.2) is 11.6 Å². The van der Waals surface area contributed by atoms with Crippen molar-refractivity contribution in [3.05, 3.63) is 35.4 Å². The Bertz CT molecular complexity index is 382. The average Bonchev–Trinajstić information content (AvgIpc) is 2.19. The summed E-state index contributed by atoms with van der Waals surface area (Å²) >= 11 is 0. The zero-order chi connectivity index (χ0) is 12.1. The van der Waals surface area contributed by atoms with E-state index in [1.165, 1.54) is 6.07 Å². The Hall–Kier alpha value is -1.49. The van der Waals surface area contributed by atoms with Crippen molar-refractivity contribution in [2.75, 3.05) is 20.1 Å². The van der Waals surface area contributed by atoms with E-state index in [2.05, 4.69) is 0 Å². The van der Waals surface area contributed by atoms with E-state index in [1.54, 1.807) is 11.9 Å². The number of hydrogen-bond donors (Lipinski definition) is 1. The molecule has 1 rings (SSSR count). The molecule has 0 saturated heterocycles. The topological polar surface area (TPSA) is 46.3 Å². The molecule has 0 unspecified atom stereocenters. The van der Waals surface area contributed by atoms with Gasteiger partial charge in [-0.15, -0.1) is 0 Å². The van der Waals surface area contributed by atoms with Gasteiger partial charge in [0.2, 0.25) is 5.91 Å². The number of carbonyl (C=O) groups is 1. The first kappa shape index (κ1) is 12.6. The minimum atomic E-state index is -0.853. The Morgan fingerprint density at radius 1 is 1.38 bits per heavy atom. The minimum absolute atomic E-state index is 0.156. The predicted molar refractivity (Wildman–Crippen MR) is 56.8 cm³/mol. The summed E-state index contributed by atoms with van der Waals surface area (Å²) in [6.07, 6.45) is 0.543. The maximum Gasteiger partial charge on any atom is 0.231 e. The summed E-state index contributed by atoms with van der Waals surface area (Å²) in [6, 6.07) is 3.78. The zero-order valence-electron chi connectivity index (χ0n) is 9.04. The monoisotopic (exact) mass is 228 g/mol. The van der Waals surface area contributed by atoms with Crippen molar-refractivity contribution in [2.24, 2.45) is 5.73 Å². The number of rotatable bonds is 5. The number of benzene rings is 1. The van der Waals surface area contributed by atoms with E-state index in [9.17, 15) is 13.6 Å². The van der Waals surface area contributed by atoms with E-state index in [0.29, 0.717) is 18.5 Å². The van der Waals surface area contributed by atoms with Crippen LogP contribution in [0.2, 0.25) is 0 Å². The molecule has 0 aliphatic carbocycles. The largest absolute Gasteiger partial charge is 0.369 e. The van der Waals surface area contributed by atoms with Crippen molar-refractivity contribution in [1.82, 2.24) is 4.90 Å². The van der Waals surface area contributed by atoms with E-state index < -0.39 is 17.5 Å². The van der Waals surface area contributed by atoms with Crippen LogP contribution in [0.5, 0.6) is 0 Å². The number of primary amides is 1. The number of carbonyl (C=O) groups excluding carboxylic acids is 1. The van der Waals surface area contributed by atoms with E-state index in [-0.39, 0.29) is 6.54 Å². The van der Waals surface area contributed by atoms with Gasteiger partial charge in [0.05, 0.1) is 6.54 Å². The van der Waals surface area contributed by atoms with Crippen molar-refractivity contribution < 1.29 is 13.6 Å². The SMILES string of the molecule is CN(CCc1ccc(F)c(F)c1)CC(N)=O. The van der Waals surface area contributed by atoms with Crippen LogP contribution in [-0.4, -0.2) is 30.9 Å². The summed E-state index contributed by atoms with van der Waals surface area (Å²) in [5, 5.41) is 0. The smallest absolute Gasteiger partial charge is 0.231 e. The molecular weight excluding hydrogens is 214 g/mol. The lowest BCUT2D eigenvalue weighted by atomic mass is 10.1. The molecule has 0 spiro atoms. The van der Waals surface area contributed by atoms with Crippen LogP contribution >= 0.6 is 0 Å². The fraction of sp³-hybridized carbons (Fsp3) is 0.364. The summed E-state index contributed by atoms with van der Waals surface area (Å²) in [5.74, 6) is -2.11. The number of halogens is 2. The van der Waals surface area contributed by atoms with Crippen molar-refractivity contribution in [3.8, 4) is 0 Å². The molecular formula is C11H14F2N2O. The maximum atomic E-state index is 12.9. The van der Waals surface area contributed by atoms with Crippen LogP contribution in [0.1, 0.15) is 5.56 Å². The van der Waals surface area contributed by atoms with Gasteiger partial charge in [0.1, 0.15) is 0 Å². The lowest BCUT2D eigenvalue weighted by Gasteiger charge is -2.14. The van der Waals surface area contributed by atoms with E-state index in [4.69, 9.17) is 5.73 Å². The summed E-state index contributed by atoms with van der Waals surface area (Å²) in [7, 11) is 1.74. The molecule has 0 heterocycles. The van der Waals surface area contributed by atoms with Gasteiger partial charge >= 0.3 is 0 Å². The highest BCUT2D eigenvalue weighted by atomic mass is 19.2. The lowest BCUT2D eigenvalue weighted by Crippen LogP contribution is -2.32. The number of nitrogens with two attached hydrogens (primary N) is 1. The van der Waals surface area contributed by atoms with Gasteiger partial charge < -0.3 is 5.73 Å². The molecule has 1 amide bonds. The Balaban J connectivity index is 2.48. The summed E-state index contributed by atoms with van der Waals surface area (Å²) in [6.45, 7) is 0.720. The van der Waals surface area contributed by atoms with Gasteiger partial charge in [-0.25, -0.2) is 8.78 Å². The highest BCUT2D eigenvalue weighted by Gasteiger charge is 2.05. The van der Waals surface area contributed by atoms with Crippen molar-refractivity contribution in [2.45, 2.75) is 6.42 Å². The molecule has 5 heteroatoms. The van der Waals surface area contributed by atoms with E-state index in [1.807, 2.05) is 0 Å². The molecule has 0 atom stereocenters. The highest BCUT2D eigenvalue weighted by molar-refractivity contribution is 5.75. The molecule has 0 aliphatic heterocycles. The Kier molecular flexibility index (Phi) is 4.37. The first-order valence-corrected chi connectivity index (χ1v) is 4.90. The Labute approximate surface area is 92.8 Å². The molecule has 0 fully saturated rings. The van der Waals surface area contributed by atoms with Crippen LogP contribution in [0, 0.1) is 11.6 Å². The minimum Gasteiger partial charge on any atom is -0.369 e. The van der Waals surface area contributed by atoms with E-state index in [0.717, 1.165) is 12.1 Å². The quantitative estimate of drug-likeness (QED) is 0.814. The molecule has 0 bridgehead atoms. The summed E-state index contributed by atoms with van der Waals surface area (Å²) in [4.78, 5) is 12.3. The fourth-order valence-corrected chi connectivity index (χ4v) is 1.36. The van der Waals surface area contributed by atoms with Crippen molar-refractivity contribution in [3.63, 3.8) is 0 Å². The zero-order valence-corrected chi connectivity index (χ0v) is 9.04.